The Balaban J connectivity index is 1.43. The first-order chi connectivity index (χ1) is 19.7. The van der Waals surface area contributed by atoms with E-state index >= 15 is 0 Å². The fourth-order valence-corrected chi connectivity index (χ4v) is 3.65. The molecule has 0 aliphatic heterocycles. The van der Waals surface area contributed by atoms with Gasteiger partial charge in [-0.2, -0.15) is 5.10 Å². The second-order valence-electron chi connectivity index (χ2n) is 8.70. The molecule has 0 saturated heterocycles. The lowest BCUT2D eigenvalue weighted by Crippen LogP contribution is -2.18. The molecule has 0 aliphatic rings. The highest BCUT2D eigenvalue weighted by Crippen LogP contribution is 2.24. The number of aryl methyl sites for hydroxylation is 1. The molecule has 0 aliphatic carbocycles. The number of esters is 1. The molecule has 206 valence electrons. The predicted molar refractivity (Wildman–Crippen MR) is 152 cm³/mol. The third kappa shape index (κ3) is 7.39. The smallest absolute Gasteiger partial charge is 0.343 e. The zero-order valence-electron chi connectivity index (χ0n) is 22.0. The molecule has 2 amide bonds. The van der Waals surface area contributed by atoms with Gasteiger partial charge in [0.25, 0.3) is 17.5 Å². The molecule has 4 aromatic carbocycles. The minimum absolute atomic E-state index is 0.00289. The number of benzene rings is 4. The van der Waals surface area contributed by atoms with Crippen LogP contribution in [0.5, 0.6) is 11.5 Å². The van der Waals surface area contributed by atoms with E-state index in [1.165, 1.54) is 43.5 Å². The minimum Gasteiger partial charge on any atom is -0.497 e. The Hall–Kier alpha value is -5.84. The van der Waals surface area contributed by atoms with Gasteiger partial charge >= 0.3 is 5.97 Å². The van der Waals surface area contributed by atoms with Crippen LogP contribution in [0.25, 0.3) is 0 Å². The number of nitro groups is 1. The number of ether oxygens (including phenoxy) is 2. The minimum atomic E-state index is -0.699. The zero-order valence-corrected chi connectivity index (χ0v) is 22.0. The van der Waals surface area contributed by atoms with Crippen LogP contribution in [0, 0.1) is 17.0 Å². The standard InChI is InChI=1S/C30H24N4O7/c1-19-4-3-5-22(16-19)28(35)32-24-10-6-20(7-11-24)29(36)33-31-18-23-17-25(34(38)39)12-15-27(23)41-30(37)21-8-13-26(40-2)14-9-21/h3-18H,1-2H3,(H,32,35)(H,33,36)/b31-18+. The summed E-state index contributed by atoms with van der Waals surface area (Å²) in [6.07, 6.45) is 1.14. The molecule has 11 heteroatoms. The summed E-state index contributed by atoms with van der Waals surface area (Å²) < 4.78 is 10.5. The molecule has 11 nitrogen and oxygen atoms in total. The third-order valence-corrected chi connectivity index (χ3v) is 5.79. The average molecular weight is 553 g/mol. The summed E-state index contributed by atoms with van der Waals surface area (Å²) in [5.41, 5.74) is 4.62. The van der Waals surface area contributed by atoms with Crippen molar-refractivity contribution in [2.75, 3.05) is 12.4 Å². The van der Waals surface area contributed by atoms with Crippen LogP contribution >= 0.6 is 0 Å². The summed E-state index contributed by atoms with van der Waals surface area (Å²) in [6, 6.07) is 23.1. The molecule has 0 bridgehead atoms. The lowest BCUT2D eigenvalue weighted by atomic mass is 10.1. The highest BCUT2D eigenvalue weighted by atomic mass is 16.6. The Bertz CT molecular complexity index is 1630. The van der Waals surface area contributed by atoms with Crippen molar-refractivity contribution in [1.82, 2.24) is 5.43 Å². The van der Waals surface area contributed by atoms with Gasteiger partial charge in [-0.3, -0.25) is 19.7 Å². The van der Waals surface area contributed by atoms with Crippen LogP contribution in [0.15, 0.2) is 96.1 Å². The van der Waals surface area contributed by atoms with Crippen molar-refractivity contribution in [3.05, 3.63) is 129 Å². The van der Waals surface area contributed by atoms with Crippen LogP contribution < -0.4 is 20.2 Å². The van der Waals surface area contributed by atoms with Crippen LogP contribution in [0.3, 0.4) is 0 Å². The van der Waals surface area contributed by atoms with Crippen LogP contribution in [-0.2, 0) is 0 Å². The van der Waals surface area contributed by atoms with Crippen molar-refractivity contribution in [2.45, 2.75) is 6.92 Å². The number of amides is 2. The van der Waals surface area contributed by atoms with Gasteiger partial charge in [0.15, 0.2) is 0 Å². The molecule has 0 saturated carbocycles. The van der Waals surface area contributed by atoms with Gasteiger partial charge in [-0.25, -0.2) is 10.2 Å². The summed E-state index contributed by atoms with van der Waals surface area (Å²) in [4.78, 5) is 48.3. The number of nitrogens with zero attached hydrogens (tertiary/aromatic N) is 2. The van der Waals surface area contributed by atoms with Crippen molar-refractivity contribution in [1.29, 1.82) is 0 Å². The second kappa shape index (κ2) is 12.8. The number of carbonyl (C=O) groups is 3. The highest BCUT2D eigenvalue weighted by Gasteiger charge is 2.16. The lowest BCUT2D eigenvalue weighted by molar-refractivity contribution is -0.384. The van der Waals surface area contributed by atoms with E-state index in [-0.39, 0.29) is 34.0 Å². The maximum atomic E-state index is 12.6. The lowest BCUT2D eigenvalue weighted by Gasteiger charge is -2.08. The van der Waals surface area contributed by atoms with E-state index in [9.17, 15) is 24.5 Å². The van der Waals surface area contributed by atoms with Crippen molar-refractivity contribution in [2.24, 2.45) is 5.10 Å². The zero-order chi connectivity index (χ0) is 29.4. The van der Waals surface area contributed by atoms with Crippen molar-refractivity contribution in [3.8, 4) is 11.5 Å². The van der Waals surface area contributed by atoms with Crippen LogP contribution in [0.4, 0.5) is 11.4 Å². The Morgan fingerprint density at radius 2 is 1.56 bits per heavy atom. The summed E-state index contributed by atoms with van der Waals surface area (Å²) in [5.74, 6) is -0.990. The number of non-ortho nitro benzene ring substituents is 1. The third-order valence-electron chi connectivity index (χ3n) is 5.79. The van der Waals surface area contributed by atoms with Crippen LogP contribution in [0.2, 0.25) is 0 Å². The molecule has 4 aromatic rings. The number of anilines is 1. The Morgan fingerprint density at radius 3 is 2.22 bits per heavy atom. The van der Waals surface area contributed by atoms with Gasteiger partial charge < -0.3 is 14.8 Å². The Labute approximate surface area is 234 Å². The molecular formula is C30H24N4O7. The molecule has 0 aromatic heterocycles. The maximum absolute atomic E-state index is 12.6. The molecule has 0 unspecified atom stereocenters. The average Bonchev–Trinajstić information content (AvgIpc) is 2.98. The van der Waals surface area contributed by atoms with Gasteiger partial charge in [0, 0.05) is 34.5 Å². The maximum Gasteiger partial charge on any atom is 0.343 e. The number of hydrogen-bond acceptors (Lipinski definition) is 8. The first-order valence-corrected chi connectivity index (χ1v) is 12.2. The van der Waals surface area contributed by atoms with Crippen molar-refractivity contribution < 1.29 is 28.8 Å². The Kier molecular flexibility index (Phi) is 8.80. The quantitative estimate of drug-likeness (QED) is 0.0959. The SMILES string of the molecule is COc1ccc(C(=O)Oc2ccc([N+](=O)[O-])cc2/C=N/NC(=O)c2ccc(NC(=O)c3cccc(C)c3)cc2)cc1. The van der Waals surface area contributed by atoms with E-state index in [1.54, 1.807) is 42.5 Å². The highest BCUT2D eigenvalue weighted by molar-refractivity contribution is 6.04. The number of hydrazone groups is 1. The van der Waals surface area contributed by atoms with Crippen LogP contribution in [0.1, 0.15) is 42.2 Å². The van der Waals surface area contributed by atoms with Crippen molar-refractivity contribution >= 4 is 35.4 Å². The normalized spacial score (nSPS) is 10.6. The first kappa shape index (κ1) is 28.2. The fraction of sp³-hybridized carbons (Fsp3) is 0.0667. The molecule has 0 atom stereocenters. The summed E-state index contributed by atoms with van der Waals surface area (Å²) in [6.45, 7) is 1.89. The van der Waals surface area contributed by atoms with Gasteiger partial charge in [-0.1, -0.05) is 17.7 Å². The van der Waals surface area contributed by atoms with E-state index in [2.05, 4.69) is 15.8 Å². The molecule has 0 fully saturated rings. The molecule has 0 radical (unpaired) electrons. The molecular weight excluding hydrogens is 528 g/mol. The topological polar surface area (TPSA) is 149 Å². The van der Waals surface area contributed by atoms with E-state index < -0.39 is 16.8 Å². The number of carbonyl (C=O) groups excluding carboxylic acids is 3. The van der Waals surface area contributed by atoms with Gasteiger partial charge in [-0.15, -0.1) is 0 Å². The van der Waals surface area contributed by atoms with Gasteiger partial charge in [0.1, 0.15) is 11.5 Å². The second-order valence-corrected chi connectivity index (χ2v) is 8.70. The summed E-state index contributed by atoms with van der Waals surface area (Å²) in [5, 5.41) is 17.9. The number of hydrogen-bond donors (Lipinski definition) is 2. The van der Waals surface area contributed by atoms with E-state index in [0.29, 0.717) is 17.0 Å². The van der Waals surface area contributed by atoms with Gasteiger partial charge in [-0.05, 0) is 73.7 Å². The van der Waals surface area contributed by atoms with Gasteiger partial charge in [0.2, 0.25) is 0 Å². The number of nitrogens with one attached hydrogen (secondary N) is 2. The monoisotopic (exact) mass is 552 g/mol. The molecule has 41 heavy (non-hydrogen) atoms. The Morgan fingerprint density at radius 1 is 0.854 bits per heavy atom. The van der Waals surface area contributed by atoms with Crippen molar-refractivity contribution in [3.63, 3.8) is 0 Å². The molecule has 2 N–H and O–H groups in total. The number of methoxy groups -OCH3 is 1. The van der Waals surface area contributed by atoms with E-state index in [0.717, 1.165) is 17.8 Å². The first-order valence-electron chi connectivity index (χ1n) is 12.2. The molecule has 4 rings (SSSR count). The van der Waals surface area contributed by atoms with Crippen LogP contribution in [-0.4, -0.2) is 36.0 Å². The summed E-state index contributed by atoms with van der Waals surface area (Å²) >= 11 is 0. The van der Waals surface area contributed by atoms with E-state index in [1.807, 2.05) is 13.0 Å². The summed E-state index contributed by atoms with van der Waals surface area (Å²) in [7, 11) is 1.50. The number of rotatable bonds is 9. The molecule has 0 spiro atoms. The molecule has 0 heterocycles. The van der Waals surface area contributed by atoms with Gasteiger partial charge in [0.05, 0.1) is 23.8 Å². The van der Waals surface area contributed by atoms with E-state index in [4.69, 9.17) is 9.47 Å². The number of nitro benzene ring substituents is 1. The largest absolute Gasteiger partial charge is 0.497 e. The predicted octanol–water partition coefficient (Wildman–Crippen LogP) is 5.15. The fourth-order valence-electron chi connectivity index (χ4n) is 3.65.